The Kier molecular flexibility index (Phi) is 17.1. The van der Waals surface area contributed by atoms with Crippen molar-refractivity contribution in [3.63, 3.8) is 0 Å². The molecule has 0 spiro atoms. The number of allylic oxidation sites excluding steroid dienone is 1. The number of rotatable bonds is 21. The number of phenols is 1. The Bertz CT molecular complexity index is 1850. The van der Waals surface area contributed by atoms with Crippen molar-refractivity contribution in [1.82, 2.24) is 15.5 Å². The molecule has 0 unspecified atom stereocenters. The number of hydrogen-bond donors (Lipinski definition) is 5. The van der Waals surface area contributed by atoms with Gasteiger partial charge in [0, 0.05) is 26.1 Å². The van der Waals surface area contributed by atoms with Crippen LogP contribution in [0, 0.1) is 5.92 Å². The molecule has 56 heavy (non-hydrogen) atoms. The lowest BCUT2D eigenvalue weighted by molar-refractivity contribution is -0.135. The highest BCUT2D eigenvalue weighted by atomic mass is 16.5. The zero-order chi connectivity index (χ0) is 40.5. The van der Waals surface area contributed by atoms with Gasteiger partial charge in [0.2, 0.25) is 11.8 Å². The molecule has 0 heterocycles. The Balaban J connectivity index is 1.21. The van der Waals surface area contributed by atoms with Gasteiger partial charge in [0.25, 0.3) is 5.91 Å². The number of amides is 3. The molecule has 4 rings (SSSR count). The average Bonchev–Trinajstić information content (AvgIpc) is 3.20. The van der Waals surface area contributed by atoms with Crippen molar-refractivity contribution < 1.29 is 29.3 Å². The largest absolute Gasteiger partial charge is 0.508 e. The molecule has 0 aliphatic rings. The Morgan fingerprint density at radius 1 is 0.804 bits per heavy atom. The predicted molar refractivity (Wildman–Crippen MR) is 223 cm³/mol. The van der Waals surface area contributed by atoms with Gasteiger partial charge in [-0.05, 0) is 95.7 Å². The van der Waals surface area contributed by atoms with E-state index in [9.17, 15) is 24.6 Å². The Morgan fingerprint density at radius 3 is 2.02 bits per heavy atom. The molecule has 6 N–H and O–H groups in total. The van der Waals surface area contributed by atoms with Crippen molar-refractivity contribution >= 4 is 28.9 Å². The Hall–Kier alpha value is -5.45. The van der Waals surface area contributed by atoms with Crippen molar-refractivity contribution in [3.05, 3.63) is 131 Å². The molecule has 0 aliphatic heterocycles. The van der Waals surface area contributed by atoms with E-state index in [2.05, 4.69) is 29.7 Å². The number of nitrogens with two attached hydrogens (primary N) is 1. The van der Waals surface area contributed by atoms with E-state index in [1.807, 2.05) is 98.8 Å². The topological polar surface area (TPSA) is 154 Å². The zero-order valence-corrected chi connectivity index (χ0v) is 33.1. The van der Waals surface area contributed by atoms with Crippen LogP contribution in [0.2, 0.25) is 0 Å². The van der Waals surface area contributed by atoms with Crippen LogP contribution in [-0.4, -0.2) is 77.8 Å². The molecule has 0 fully saturated rings. The molecule has 4 aromatic carbocycles. The number of likely N-dealkylation sites (N-methyl/N-ethyl adjacent to an activating group) is 1. The van der Waals surface area contributed by atoms with Gasteiger partial charge in [0.05, 0.1) is 6.54 Å². The second kappa shape index (κ2) is 22.2. The Morgan fingerprint density at radius 2 is 1.41 bits per heavy atom. The van der Waals surface area contributed by atoms with Crippen molar-refractivity contribution in [2.45, 2.75) is 77.5 Å². The molecular weight excluding hydrogens is 705 g/mol. The molecule has 298 valence electrons. The van der Waals surface area contributed by atoms with Crippen LogP contribution < -0.4 is 21.1 Å². The lowest BCUT2D eigenvalue weighted by Crippen LogP contribution is -2.54. The average molecular weight is 763 g/mol. The third kappa shape index (κ3) is 13.4. The van der Waals surface area contributed by atoms with E-state index in [1.54, 1.807) is 24.1 Å². The fraction of sp³-hybridized carbons (Fsp3) is 0.370. The molecule has 3 amide bonds. The molecule has 3 atom stereocenters. The summed E-state index contributed by atoms with van der Waals surface area (Å²) in [6.45, 7) is 7.15. The molecular formula is C46H58N4O6. The number of nitrogens with one attached hydrogen (secondary N) is 2. The van der Waals surface area contributed by atoms with Crippen LogP contribution in [0.1, 0.15) is 75.1 Å². The molecule has 0 bridgehead atoms. The first-order valence-electron chi connectivity index (χ1n) is 19.6. The number of nitrogens with zero attached hydrogens (tertiary/aromatic N) is 1. The lowest BCUT2D eigenvalue weighted by atomic mass is 9.88. The summed E-state index contributed by atoms with van der Waals surface area (Å²) in [5.74, 6) is 0.0144. The van der Waals surface area contributed by atoms with Crippen molar-refractivity contribution in [2.24, 2.45) is 11.7 Å². The van der Waals surface area contributed by atoms with Gasteiger partial charge in [0.1, 0.15) is 30.3 Å². The van der Waals surface area contributed by atoms with Gasteiger partial charge in [-0.3, -0.25) is 14.4 Å². The number of aliphatic hydroxyl groups excluding tert-OH is 1. The summed E-state index contributed by atoms with van der Waals surface area (Å²) in [4.78, 5) is 40.3. The first kappa shape index (κ1) is 43.3. The Labute approximate surface area is 331 Å². The summed E-state index contributed by atoms with van der Waals surface area (Å²) in [5.41, 5.74) is 12.5. The standard InChI is InChI=1S/C46H58N4O6/c1-5-39(34-16-10-7-11-17-34)43(35-19-23-37(51)24-20-35)36-21-25-38(26-22-36)56-29-28-50(4)42(52)18-12-13-27-48-45(54)41(30-32(2)3)49-46(55)44(53)40(47)31-33-14-8-6-9-15-33/h6-11,14-17,19-26,32,40-41,44,51,53H,5,12-13,18,27-31,47H2,1-4H3,(H,48,54)(H,49,55)/b43-39-/t40-,41+,44+/m1/s1. The number of aliphatic hydroxyl groups is 1. The van der Waals surface area contributed by atoms with Crippen LogP contribution in [0.15, 0.2) is 109 Å². The maximum Gasteiger partial charge on any atom is 0.251 e. The molecule has 10 heteroatoms. The number of carbonyl (C=O) groups excluding carboxylic acids is 3. The number of phenolic OH excluding ortho intramolecular Hbond substituents is 1. The van der Waals surface area contributed by atoms with Crippen LogP contribution in [-0.2, 0) is 20.8 Å². The minimum Gasteiger partial charge on any atom is -0.508 e. The van der Waals surface area contributed by atoms with Crippen LogP contribution in [0.4, 0.5) is 0 Å². The van der Waals surface area contributed by atoms with Gasteiger partial charge in [-0.1, -0.05) is 106 Å². The lowest BCUT2D eigenvalue weighted by Gasteiger charge is -2.24. The third-order valence-electron chi connectivity index (χ3n) is 9.64. The third-order valence-corrected chi connectivity index (χ3v) is 9.64. The van der Waals surface area contributed by atoms with E-state index < -0.39 is 24.1 Å². The molecule has 0 radical (unpaired) electrons. The molecule has 0 saturated heterocycles. The molecule has 4 aromatic rings. The van der Waals surface area contributed by atoms with Gasteiger partial charge in [-0.25, -0.2) is 0 Å². The van der Waals surface area contributed by atoms with Crippen molar-refractivity contribution in [1.29, 1.82) is 0 Å². The van der Waals surface area contributed by atoms with E-state index in [0.717, 1.165) is 34.2 Å². The summed E-state index contributed by atoms with van der Waals surface area (Å²) in [6, 6.07) is 33.3. The summed E-state index contributed by atoms with van der Waals surface area (Å²) < 4.78 is 6.01. The van der Waals surface area contributed by atoms with Gasteiger partial charge in [-0.15, -0.1) is 0 Å². The fourth-order valence-corrected chi connectivity index (χ4v) is 6.53. The van der Waals surface area contributed by atoms with Crippen LogP contribution in [0.5, 0.6) is 11.5 Å². The smallest absolute Gasteiger partial charge is 0.251 e. The minimum atomic E-state index is -1.46. The number of ether oxygens (including phenoxy) is 1. The molecule has 0 aliphatic carbocycles. The predicted octanol–water partition coefficient (Wildman–Crippen LogP) is 6.35. The number of benzene rings is 4. The number of carbonyl (C=O) groups is 3. The normalized spacial score (nSPS) is 13.3. The first-order chi connectivity index (χ1) is 27.0. The van der Waals surface area contributed by atoms with E-state index in [1.165, 1.54) is 5.57 Å². The number of hydrogen-bond acceptors (Lipinski definition) is 7. The highest BCUT2D eigenvalue weighted by Crippen LogP contribution is 2.35. The quantitative estimate of drug-likeness (QED) is 0.0490. The minimum absolute atomic E-state index is 0.0160. The molecule has 10 nitrogen and oxygen atoms in total. The van der Waals surface area contributed by atoms with Gasteiger partial charge in [0.15, 0.2) is 0 Å². The summed E-state index contributed by atoms with van der Waals surface area (Å²) in [6.07, 6.45) is 1.59. The summed E-state index contributed by atoms with van der Waals surface area (Å²) in [5, 5.41) is 26.1. The number of aromatic hydroxyl groups is 1. The molecule has 0 aromatic heterocycles. The van der Waals surface area contributed by atoms with E-state index in [-0.39, 0.29) is 23.5 Å². The highest BCUT2D eigenvalue weighted by Gasteiger charge is 2.28. The van der Waals surface area contributed by atoms with Gasteiger partial charge < -0.3 is 36.2 Å². The van der Waals surface area contributed by atoms with E-state index in [0.29, 0.717) is 57.6 Å². The SMILES string of the molecule is CC/C(=C(\c1ccc(O)cc1)c1ccc(OCCN(C)C(=O)CCCCNC(=O)[C@H](CC(C)C)NC(=O)[C@@H](O)[C@H](N)Cc2ccccc2)cc1)c1ccccc1. The summed E-state index contributed by atoms with van der Waals surface area (Å²) >= 11 is 0. The second-order valence-corrected chi connectivity index (χ2v) is 14.5. The number of unbranched alkanes of at least 4 members (excludes halogenated alkanes) is 1. The highest BCUT2D eigenvalue weighted by molar-refractivity contribution is 5.98. The van der Waals surface area contributed by atoms with Gasteiger partial charge in [-0.2, -0.15) is 0 Å². The fourth-order valence-electron chi connectivity index (χ4n) is 6.53. The summed E-state index contributed by atoms with van der Waals surface area (Å²) in [7, 11) is 1.75. The second-order valence-electron chi connectivity index (χ2n) is 14.5. The van der Waals surface area contributed by atoms with Crippen LogP contribution in [0.25, 0.3) is 11.1 Å². The first-order valence-corrected chi connectivity index (χ1v) is 19.6. The van der Waals surface area contributed by atoms with Crippen LogP contribution in [0.3, 0.4) is 0 Å². The zero-order valence-electron chi connectivity index (χ0n) is 33.1. The van der Waals surface area contributed by atoms with E-state index >= 15 is 0 Å². The molecule has 0 saturated carbocycles. The maximum absolute atomic E-state index is 13.0. The van der Waals surface area contributed by atoms with E-state index in [4.69, 9.17) is 10.5 Å². The maximum atomic E-state index is 13.0. The van der Waals surface area contributed by atoms with Crippen molar-refractivity contribution in [2.75, 3.05) is 26.7 Å². The van der Waals surface area contributed by atoms with Gasteiger partial charge >= 0.3 is 0 Å². The van der Waals surface area contributed by atoms with Crippen molar-refractivity contribution in [3.8, 4) is 11.5 Å². The monoisotopic (exact) mass is 762 g/mol. The van der Waals surface area contributed by atoms with Crippen LogP contribution >= 0.6 is 0 Å².